The minimum absolute atomic E-state index is 0.307. The third-order valence-corrected chi connectivity index (χ3v) is 4.73. The largest absolute Gasteiger partial charge is 0.339 e. The van der Waals surface area contributed by atoms with Gasteiger partial charge in [0, 0.05) is 24.7 Å². The van der Waals surface area contributed by atoms with E-state index in [-0.39, 0.29) is 0 Å². The third kappa shape index (κ3) is 2.88. The van der Waals surface area contributed by atoms with Crippen LogP contribution in [0.2, 0.25) is 0 Å². The number of Topliss-reactive ketones (excluding diaryl/α,β-unsaturated/α-hetero) is 1. The molecule has 104 valence electrons. The monoisotopic (exact) mass is 262 g/mol. The van der Waals surface area contributed by atoms with E-state index in [1.165, 1.54) is 25.7 Å². The van der Waals surface area contributed by atoms with Crippen molar-refractivity contribution in [1.82, 2.24) is 10.1 Å². The average Bonchev–Trinajstić information content (AvgIpc) is 2.90. The Labute approximate surface area is 114 Å². The Morgan fingerprint density at radius 2 is 1.68 bits per heavy atom. The number of carbonyl (C=O) groups is 1. The van der Waals surface area contributed by atoms with Gasteiger partial charge in [-0.25, -0.2) is 0 Å². The molecule has 0 unspecified atom stereocenters. The lowest BCUT2D eigenvalue weighted by Gasteiger charge is -2.23. The second-order valence-corrected chi connectivity index (χ2v) is 6.26. The normalized spacial score (nSPS) is 29.6. The van der Waals surface area contributed by atoms with E-state index in [9.17, 15) is 4.79 Å². The minimum atomic E-state index is 0.307. The van der Waals surface area contributed by atoms with Crippen LogP contribution in [0, 0.1) is 5.92 Å². The predicted molar refractivity (Wildman–Crippen MR) is 70.9 cm³/mol. The van der Waals surface area contributed by atoms with Crippen LogP contribution in [0.1, 0.15) is 81.8 Å². The van der Waals surface area contributed by atoms with E-state index in [1.54, 1.807) is 0 Å². The van der Waals surface area contributed by atoms with Gasteiger partial charge in [-0.2, -0.15) is 4.98 Å². The first kappa shape index (κ1) is 12.8. The van der Waals surface area contributed by atoms with E-state index in [2.05, 4.69) is 17.1 Å². The summed E-state index contributed by atoms with van der Waals surface area (Å²) < 4.78 is 5.45. The molecule has 0 amide bonds. The highest BCUT2D eigenvalue weighted by molar-refractivity contribution is 5.79. The zero-order valence-corrected chi connectivity index (χ0v) is 11.6. The molecule has 2 aliphatic rings. The zero-order chi connectivity index (χ0) is 13.2. The summed E-state index contributed by atoms with van der Waals surface area (Å²) in [5.41, 5.74) is 0. The molecular weight excluding hydrogens is 240 g/mol. The molecule has 0 saturated heterocycles. The van der Waals surface area contributed by atoms with Crippen LogP contribution in [0.5, 0.6) is 0 Å². The number of rotatable bonds is 2. The van der Waals surface area contributed by atoms with Gasteiger partial charge in [-0.15, -0.1) is 0 Å². The summed E-state index contributed by atoms with van der Waals surface area (Å²) in [5, 5.41) is 4.19. The molecular formula is C15H22N2O2. The lowest BCUT2D eigenvalue weighted by Crippen LogP contribution is -2.14. The SMILES string of the molecule is CC1CCC(c2noc(C3CCC(=O)CC3)n2)CC1. The number of hydrogen-bond donors (Lipinski definition) is 0. The standard InChI is InChI=1S/C15H22N2O2/c1-10-2-4-11(5-3-10)14-16-15(19-17-14)12-6-8-13(18)9-7-12/h10-12H,2-9H2,1H3. The van der Waals surface area contributed by atoms with Crippen LogP contribution in [0.4, 0.5) is 0 Å². The first-order valence-corrected chi connectivity index (χ1v) is 7.57. The second-order valence-electron chi connectivity index (χ2n) is 6.26. The molecule has 3 rings (SSSR count). The Kier molecular flexibility index (Phi) is 3.67. The van der Waals surface area contributed by atoms with E-state index < -0.39 is 0 Å². The molecule has 0 N–H and O–H groups in total. The van der Waals surface area contributed by atoms with Crippen molar-refractivity contribution >= 4 is 5.78 Å². The summed E-state index contributed by atoms with van der Waals surface area (Å²) in [6.45, 7) is 2.32. The van der Waals surface area contributed by atoms with Gasteiger partial charge in [-0.3, -0.25) is 4.79 Å². The molecule has 0 atom stereocenters. The highest BCUT2D eigenvalue weighted by Gasteiger charge is 2.28. The number of carbonyl (C=O) groups excluding carboxylic acids is 1. The molecule has 2 fully saturated rings. The number of hydrogen-bond acceptors (Lipinski definition) is 4. The third-order valence-electron chi connectivity index (χ3n) is 4.73. The van der Waals surface area contributed by atoms with Crippen molar-refractivity contribution in [3.63, 3.8) is 0 Å². The molecule has 0 spiro atoms. The highest BCUT2D eigenvalue weighted by atomic mass is 16.5. The van der Waals surface area contributed by atoms with Gasteiger partial charge in [0.15, 0.2) is 5.82 Å². The average molecular weight is 262 g/mol. The molecule has 1 aromatic rings. The van der Waals surface area contributed by atoms with Gasteiger partial charge >= 0.3 is 0 Å². The van der Waals surface area contributed by atoms with Crippen LogP contribution in [-0.4, -0.2) is 15.9 Å². The number of aromatic nitrogens is 2. The first-order chi connectivity index (χ1) is 9.22. The van der Waals surface area contributed by atoms with Crippen LogP contribution >= 0.6 is 0 Å². The fourth-order valence-corrected chi connectivity index (χ4v) is 3.28. The molecule has 4 heteroatoms. The van der Waals surface area contributed by atoms with Crippen LogP contribution < -0.4 is 0 Å². The van der Waals surface area contributed by atoms with Crippen molar-refractivity contribution in [3.05, 3.63) is 11.7 Å². The predicted octanol–water partition coefficient (Wildman–Crippen LogP) is 3.59. The van der Waals surface area contributed by atoms with Gasteiger partial charge < -0.3 is 4.52 Å². The van der Waals surface area contributed by atoms with Gasteiger partial charge in [-0.1, -0.05) is 24.9 Å². The van der Waals surface area contributed by atoms with E-state index in [0.29, 0.717) is 30.5 Å². The topological polar surface area (TPSA) is 56.0 Å². The van der Waals surface area contributed by atoms with E-state index in [0.717, 1.165) is 30.5 Å². The van der Waals surface area contributed by atoms with Crippen LogP contribution in [0.25, 0.3) is 0 Å². The molecule has 4 nitrogen and oxygen atoms in total. The van der Waals surface area contributed by atoms with Crippen LogP contribution in [0.3, 0.4) is 0 Å². The molecule has 1 heterocycles. The number of ketones is 1. The van der Waals surface area contributed by atoms with Gasteiger partial charge in [0.1, 0.15) is 5.78 Å². The zero-order valence-electron chi connectivity index (χ0n) is 11.6. The summed E-state index contributed by atoms with van der Waals surface area (Å²) in [6.07, 6.45) is 8.00. The molecule has 0 radical (unpaired) electrons. The molecule has 2 aliphatic carbocycles. The fraction of sp³-hybridized carbons (Fsp3) is 0.800. The number of nitrogens with zero attached hydrogens (tertiary/aromatic N) is 2. The molecule has 1 aromatic heterocycles. The Morgan fingerprint density at radius 3 is 2.37 bits per heavy atom. The van der Waals surface area contributed by atoms with E-state index in [4.69, 9.17) is 4.52 Å². The van der Waals surface area contributed by atoms with Crippen molar-refractivity contribution in [1.29, 1.82) is 0 Å². The van der Waals surface area contributed by atoms with Gasteiger partial charge in [0.25, 0.3) is 0 Å². The second kappa shape index (κ2) is 5.43. The summed E-state index contributed by atoms with van der Waals surface area (Å²) in [4.78, 5) is 15.9. The Balaban J connectivity index is 1.64. The van der Waals surface area contributed by atoms with Crippen molar-refractivity contribution in [2.75, 3.05) is 0 Å². The first-order valence-electron chi connectivity index (χ1n) is 7.57. The Hall–Kier alpha value is -1.19. The van der Waals surface area contributed by atoms with Gasteiger partial charge in [-0.05, 0) is 31.6 Å². The summed E-state index contributed by atoms with van der Waals surface area (Å²) in [5.74, 6) is 3.67. The van der Waals surface area contributed by atoms with Crippen molar-refractivity contribution in [2.24, 2.45) is 5.92 Å². The smallest absolute Gasteiger partial charge is 0.229 e. The highest BCUT2D eigenvalue weighted by Crippen LogP contribution is 2.36. The Morgan fingerprint density at radius 1 is 1.00 bits per heavy atom. The van der Waals surface area contributed by atoms with Crippen LogP contribution in [-0.2, 0) is 4.79 Å². The quantitative estimate of drug-likeness (QED) is 0.817. The van der Waals surface area contributed by atoms with E-state index in [1.807, 2.05) is 0 Å². The van der Waals surface area contributed by atoms with Crippen molar-refractivity contribution < 1.29 is 9.32 Å². The maximum atomic E-state index is 11.3. The van der Waals surface area contributed by atoms with E-state index >= 15 is 0 Å². The summed E-state index contributed by atoms with van der Waals surface area (Å²) in [6, 6.07) is 0. The van der Waals surface area contributed by atoms with Crippen LogP contribution in [0.15, 0.2) is 4.52 Å². The van der Waals surface area contributed by atoms with Gasteiger partial charge in [0.05, 0.1) is 0 Å². The molecule has 0 bridgehead atoms. The summed E-state index contributed by atoms with van der Waals surface area (Å²) >= 11 is 0. The Bertz CT molecular complexity index is 437. The van der Waals surface area contributed by atoms with Gasteiger partial charge in [0.2, 0.25) is 5.89 Å². The summed E-state index contributed by atoms with van der Waals surface area (Å²) in [7, 11) is 0. The van der Waals surface area contributed by atoms with Crippen molar-refractivity contribution in [3.8, 4) is 0 Å². The van der Waals surface area contributed by atoms with Crippen molar-refractivity contribution in [2.45, 2.75) is 70.1 Å². The maximum absolute atomic E-state index is 11.3. The fourth-order valence-electron chi connectivity index (χ4n) is 3.28. The molecule has 19 heavy (non-hydrogen) atoms. The minimum Gasteiger partial charge on any atom is -0.339 e. The molecule has 0 aromatic carbocycles. The lowest BCUT2D eigenvalue weighted by atomic mass is 9.82. The maximum Gasteiger partial charge on any atom is 0.229 e. The molecule has 0 aliphatic heterocycles. The lowest BCUT2D eigenvalue weighted by molar-refractivity contribution is -0.120. The molecule has 2 saturated carbocycles.